The molecule has 4 heterocycles. The number of benzene rings is 1. The minimum absolute atomic E-state index is 0.0247. The van der Waals surface area contributed by atoms with Gasteiger partial charge in [0.1, 0.15) is 10.8 Å². The van der Waals surface area contributed by atoms with Gasteiger partial charge in [-0.25, -0.2) is 4.98 Å². The van der Waals surface area contributed by atoms with Crippen molar-refractivity contribution in [3.8, 4) is 5.75 Å². The fourth-order valence-corrected chi connectivity index (χ4v) is 4.95. The maximum absolute atomic E-state index is 12.7. The molecule has 5 nitrogen and oxygen atoms in total. The molecule has 1 amide bonds. The Hall–Kier alpha value is -2.05. The number of pyridine rings is 1. The number of ether oxygens (including phenoxy) is 1. The average Bonchev–Trinajstić information content (AvgIpc) is 2.71. The van der Waals surface area contributed by atoms with Crippen LogP contribution in [-0.4, -0.2) is 48.1 Å². The van der Waals surface area contributed by atoms with Crippen molar-refractivity contribution in [2.45, 2.75) is 41.8 Å². The Labute approximate surface area is 164 Å². The van der Waals surface area contributed by atoms with Gasteiger partial charge in [-0.05, 0) is 69.1 Å². The lowest BCUT2D eigenvalue weighted by atomic mass is 9.79. The van der Waals surface area contributed by atoms with E-state index in [1.807, 2.05) is 36.4 Å². The molecule has 6 heteroatoms. The first-order valence-electron chi connectivity index (χ1n) is 9.47. The second-order valence-corrected chi connectivity index (χ2v) is 8.37. The van der Waals surface area contributed by atoms with Gasteiger partial charge in [0.05, 0.1) is 7.11 Å². The molecule has 2 aromatic rings. The number of nitrogens with zero attached hydrogens (tertiary/aromatic N) is 2. The van der Waals surface area contributed by atoms with Gasteiger partial charge in [0.15, 0.2) is 0 Å². The highest BCUT2D eigenvalue weighted by atomic mass is 32.2. The van der Waals surface area contributed by atoms with Crippen molar-refractivity contribution in [1.82, 2.24) is 15.2 Å². The minimum atomic E-state index is 0.0247. The van der Waals surface area contributed by atoms with E-state index in [4.69, 9.17) is 4.74 Å². The number of hydrogen-bond acceptors (Lipinski definition) is 5. The first kappa shape index (κ1) is 18.3. The van der Waals surface area contributed by atoms with E-state index in [2.05, 4.69) is 22.1 Å². The fourth-order valence-electron chi connectivity index (χ4n) is 4.15. The summed E-state index contributed by atoms with van der Waals surface area (Å²) in [5.41, 5.74) is 0.710. The third-order valence-corrected chi connectivity index (χ3v) is 6.70. The van der Waals surface area contributed by atoms with Crippen LogP contribution in [0.15, 0.2) is 52.5 Å². The van der Waals surface area contributed by atoms with Crippen LogP contribution in [0.5, 0.6) is 5.75 Å². The molecule has 0 radical (unpaired) electrons. The summed E-state index contributed by atoms with van der Waals surface area (Å²) in [5.74, 6) is 1.43. The molecule has 3 saturated heterocycles. The van der Waals surface area contributed by atoms with Crippen molar-refractivity contribution in [2.75, 3.05) is 20.2 Å². The highest BCUT2D eigenvalue weighted by Gasteiger charge is 2.40. The average molecular weight is 384 g/mol. The van der Waals surface area contributed by atoms with Crippen LogP contribution < -0.4 is 10.1 Å². The van der Waals surface area contributed by atoms with Gasteiger partial charge in [-0.2, -0.15) is 0 Å². The molecule has 2 atom stereocenters. The molecule has 5 rings (SSSR count). The maximum Gasteiger partial charge on any atom is 0.251 e. The van der Waals surface area contributed by atoms with E-state index in [0.29, 0.717) is 17.5 Å². The summed E-state index contributed by atoms with van der Waals surface area (Å²) in [6.07, 6.45) is 4.12. The monoisotopic (exact) mass is 383 g/mol. The first-order valence-corrected chi connectivity index (χ1v) is 10.3. The zero-order valence-corrected chi connectivity index (χ0v) is 16.5. The lowest BCUT2D eigenvalue weighted by Gasteiger charge is -2.49. The predicted molar refractivity (Wildman–Crippen MR) is 106 cm³/mol. The molecule has 3 aliphatic rings. The molecular weight excluding hydrogens is 358 g/mol. The number of carbonyl (C=O) groups is 1. The molecular formula is C21H25N3O2S. The third-order valence-electron chi connectivity index (χ3n) is 5.76. The number of methoxy groups -OCH3 is 1. The lowest BCUT2D eigenvalue weighted by Crippen LogP contribution is -2.62. The van der Waals surface area contributed by atoms with E-state index in [1.165, 1.54) is 25.9 Å². The van der Waals surface area contributed by atoms with Crippen LogP contribution in [0.3, 0.4) is 0 Å². The number of carbonyl (C=O) groups excluding carboxylic acids is 1. The molecule has 0 spiro atoms. The summed E-state index contributed by atoms with van der Waals surface area (Å²) in [5, 5.41) is 4.15. The summed E-state index contributed by atoms with van der Waals surface area (Å²) >= 11 is 1.55. The van der Waals surface area contributed by atoms with Crippen LogP contribution in [0.4, 0.5) is 0 Å². The van der Waals surface area contributed by atoms with Crippen LogP contribution in [0, 0.1) is 5.92 Å². The number of amides is 1. The smallest absolute Gasteiger partial charge is 0.251 e. The second-order valence-electron chi connectivity index (χ2n) is 7.27. The van der Waals surface area contributed by atoms with Crippen LogP contribution in [0.1, 0.15) is 30.1 Å². The predicted octanol–water partition coefficient (Wildman–Crippen LogP) is 3.45. The van der Waals surface area contributed by atoms with Gasteiger partial charge < -0.3 is 10.1 Å². The molecule has 1 N–H and O–H groups in total. The molecule has 2 unspecified atom stereocenters. The molecule has 142 valence electrons. The highest BCUT2D eigenvalue weighted by molar-refractivity contribution is 7.99. The molecule has 3 aliphatic heterocycles. The molecule has 0 aliphatic carbocycles. The van der Waals surface area contributed by atoms with E-state index < -0.39 is 0 Å². The largest absolute Gasteiger partial charge is 0.497 e. The van der Waals surface area contributed by atoms with Gasteiger partial charge in [-0.3, -0.25) is 9.69 Å². The van der Waals surface area contributed by atoms with E-state index in [0.717, 1.165) is 15.7 Å². The van der Waals surface area contributed by atoms with Crippen LogP contribution in [0.2, 0.25) is 0 Å². The summed E-state index contributed by atoms with van der Waals surface area (Å²) in [7, 11) is 1.65. The van der Waals surface area contributed by atoms with Crippen LogP contribution >= 0.6 is 11.8 Å². The molecule has 3 fully saturated rings. The van der Waals surface area contributed by atoms with E-state index in [1.54, 1.807) is 25.1 Å². The molecule has 27 heavy (non-hydrogen) atoms. The number of fused-ring (bicyclic) bond motifs is 3. The molecule has 2 bridgehead atoms. The number of aromatic nitrogens is 1. The zero-order valence-electron chi connectivity index (χ0n) is 15.7. The Morgan fingerprint density at radius 1 is 1.22 bits per heavy atom. The van der Waals surface area contributed by atoms with Crippen molar-refractivity contribution in [1.29, 1.82) is 0 Å². The summed E-state index contributed by atoms with van der Waals surface area (Å²) in [4.78, 5) is 20.6. The minimum Gasteiger partial charge on any atom is -0.497 e. The van der Waals surface area contributed by atoms with E-state index in [-0.39, 0.29) is 11.9 Å². The first-order chi connectivity index (χ1) is 13.1. The standard InChI is InChI=1S/C21H25N3O2S/c1-14-20(15-8-11-24(14)12-9-15)23-21(25)16-3-5-18(6-4-16)27-19-13-17(26-2)7-10-22-19/h3-7,10,13-15,20H,8-9,11-12H2,1-2H3,(H,23,25). The Morgan fingerprint density at radius 3 is 2.63 bits per heavy atom. The topological polar surface area (TPSA) is 54.5 Å². The number of piperidine rings is 3. The van der Waals surface area contributed by atoms with Crippen molar-refractivity contribution >= 4 is 17.7 Å². The van der Waals surface area contributed by atoms with Crippen molar-refractivity contribution < 1.29 is 9.53 Å². The lowest BCUT2D eigenvalue weighted by molar-refractivity contribution is 0.0217. The van der Waals surface area contributed by atoms with Gasteiger partial charge >= 0.3 is 0 Å². The number of nitrogens with one attached hydrogen (secondary N) is 1. The van der Waals surface area contributed by atoms with Crippen LogP contribution in [0.25, 0.3) is 0 Å². The summed E-state index contributed by atoms with van der Waals surface area (Å²) in [6, 6.07) is 12.1. The van der Waals surface area contributed by atoms with Crippen molar-refractivity contribution in [3.05, 3.63) is 48.2 Å². The van der Waals surface area contributed by atoms with Gasteiger partial charge in [-0.15, -0.1) is 0 Å². The van der Waals surface area contributed by atoms with Gasteiger partial charge in [0.2, 0.25) is 0 Å². The Kier molecular flexibility index (Phi) is 5.36. The second kappa shape index (κ2) is 7.90. The molecule has 1 aromatic heterocycles. The number of hydrogen-bond donors (Lipinski definition) is 1. The quantitative estimate of drug-likeness (QED) is 0.857. The maximum atomic E-state index is 12.7. The van der Waals surface area contributed by atoms with Crippen molar-refractivity contribution in [3.63, 3.8) is 0 Å². The summed E-state index contributed by atoms with van der Waals surface area (Å²) < 4.78 is 5.24. The van der Waals surface area contributed by atoms with Gasteiger partial charge in [0, 0.05) is 34.8 Å². The third kappa shape index (κ3) is 3.96. The molecule has 1 aromatic carbocycles. The SMILES string of the molecule is COc1ccnc(Sc2ccc(C(=O)NC3C4CCN(CC4)C3C)cc2)c1. The Balaban J connectivity index is 1.40. The van der Waals surface area contributed by atoms with E-state index in [9.17, 15) is 4.79 Å². The number of rotatable bonds is 5. The normalized spacial score (nSPS) is 26.6. The zero-order chi connectivity index (χ0) is 18.8. The van der Waals surface area contributed by atoms with Crippen LogP contribution in [-0.2, 0) is 0 Å². The Bertz CT molecular complexity index is 801. The highest BCUT2D eigenvalue weighted by Crippen LogP contribution is 2.32. The molecule has 0 saturated carbocycles. The van der Waals surface area contributed by atoms with Crippen molar-refractivity contribution in [2.24, 2.45) is 5.92 Å². The van der Waals surface area contributed by atoms with Gasteiger partial charge in [-0.1, -0.05) is 11.8 Å². The summed E-state index contributed by atoms with van der Waals surface area (Å²) in [6.45, 7) is 4.57. The fraction of sp³-hybridized carbons (Fsp3) is 0.429. The Morgan fingerprint density at radius 2 is 1.96 bits per heavy atom. The van der Waals surface area contributed by atoms with Gasteiger partial charge in [0.25, 0.3) is 5.91 Å². The van der Waals surface area contributed by atoms with E-state index >= 15 is 0 Å².